The number of carbonyl (C=O) groups excluding carboxylic acids is 2. The second-order valence-corrected chi connectivity index (χ2v) is 11.3. The van der Waals surface area contributed by atoms with Crippen LogP contribution in [0.25, 0.3) is 0 Å². The number of likely N-dealkylation sites (tertiary alicyclic amines) is 1. The Morgan fingerprint density at radius 2 is 1.89 bits per heavy atom. The molecule has 2 amide bonds. The lowest BCUT2D eigenvalue weighted by Gasteiger charge is -2.44. The quantitative estimate of drug-likeness (QED) is 0.340. The van der Waals surface area contributed by atoms with E-state index in [1.54, 1.807) is 0 Å². The van der Waals surface area contributed by atoms with Crippen LogP contribution in [0.2, 0.25) is 0 Å². The number of rotatable bonds is 2. The zero-order valence-corrected chi connectivity index (χ0v) is 20.1. The molecule has 1 aromatic rings. The van der Waals surface area contributed by atoms with Crippen LogP contribution in [0, 0.1) is 15.9 Å². The first kappa shape index (κ1) is 27.1. The first-order chi connectivity index (χ1) is 16.3. The first-order valence-electron chi connectivity index (χ1n) is 10.2. The van der Waals surface area contributed by atoms with E-state index in [1.807, 2.05) is 0 Å². The number of benzene rings is 1. The van der Waals surface area contributed by atoms with Crippen molar-refractivity contribution in [1.82, 2.24) is 14.5 Å². The number of ether oxygens (including phenoxy) is 1. The van der Waals surface area contributed by atoms with E-state index in [4.69, 9.17) is 4.74 Å². The van der Waals surface area contributed by atoms with Gasteiger partial charge in [0.15, 0.2) is 0 Å². The summed E-state index contributed by atoms with van der Waals surface area (Å²) in [6.45, 7) is 2.39. The summed E-state index contributed by atoms with van der Waals surface area (Å²) in [4.78, 5) is 38.4. The highest BCUT2D eigenvalue weighted by Gasteiger charge is 2.63. The molecule has 36 heavy (non-hydrogen) atoms. The zero-order chi connectivity index (χ0) is 27.4. The van der Waals surface area contributed by atoms with Gasteiger partial charge >= 0.3 is 18.2 Å². The summed E-state index contributed by atoms with van der Waals surface area (Å²) >= 11 is 0. The highest BCUT2D eigenvalue weighted by molar-refractivity contribution is 7.90. The Balaban J connectivity index is 2.25. The average Bonchev–Trinajstić information content (AvgIpc) is 3.11. The third-order valence-electron chi connectivity index (χ3n) is 5.51. The van der Waals surface area contributed by atoms with Gasteiger partial charge in [0.2, 0.25) is 16.0 Å². The molecule has 2 aliphatic rings. The van der Waals surface area contributed by atoms with Crippen LogP contribution in [0.4, 0.5) is 28.0 Å². The minimum Gasteiger partial charge on any atom is -0.442 e. The number of aliphatic imine (C=N–C) groups is 1. The minimum absolute atomic E-state index is 0.151. The van der Waals surface area contributed by atoms with Crippen LogP contribution in [-0.4, -0.2) is 77.7 Å². The Bertz CT molecular complexity index is 1260. The molecule has 2 atom stereocenters. The molecule has 0 spiro atoms. The van der Waals surface area contributed by atoms with Crippen molar-refractivity contribution in [2.45, 2.75) is 43.3 Å². The highest BCUT2D eigenvalue weighted by atomic mass is 32.2. The number of sulfonamides is 1. The van der Waals surface area contributed by atoms with E-state index < -0.39 is 85.6 Å². The van der Waals surface area contributed by atoms with Crippen LogP contribution < -0.4 is 5.32 Å². The van der Waals surface area contributed by atoms with Crippen molar-refractivity contribution in [3.8, 4) is 0 Å². The van der Waals surface area contributed by atoms with Gasteiger partial charge in [-0.1, -0.05) is 0 Å². The van der Waals surface area contributed by atoms with Crippen molar-refractivity contribution < 1.29 is 45.2 Å². The van der Waals surface area contributed by atoms with Crippen molar-refractivity contribution in [3.63, 3.8) is 0 Å². The number of nitrogens with zero attached hydrogens (tertiary/aromatic N) is 4. The smallest absolute Gasteiger partial charge is 0.442 e. The van der Waals surface area contributed by atoms with Crippen LogP contribution in [0.3, 0.4) is 0 Å². The third kappa shape index (κ3) is 4.78. The van der Waals surface area contributed by atoms with Gasteiger partial charge in [-0.15, -0.1) is 4.99 Å². The molecule has 0 radical (unpaired) electrons. The van der Waals surface area contributed by atoms with E-state index in [9.17, 15) is 41.3 Å². The molecule has 2 saturated heterocycles. The largest absolute Gasteiger partial charge is 0.471 e. The maximum Gasteiger partial charge on any atom is 0.471 e. The fraction of sp³-hybridized carbons (Fsp3) is 0.526. The molecule has 17 heteroatoms. The molecule has 2 fully saturated rings. The highest BCUT2D eigenvalue weighted by Crippen LogP contribution is 2.43. The van der Waals surface area contributed by atoms with Gasteiger partial charge in [0.25, 0.3) is 5.69 Å². The van der Waals surface area contributed by atoms with Crippen LogP contribution in [-0.2, 0) is 25.1 Å². The maximum absolute atomic E-state index is 15.0. The molecular weight excluding hydrogens is 518 g/mol. The number of nitrogens with one attached hydrogen (secondary N) is 1. The number of halogens is 4. The second kappa shape index (κ2) is 8.56. The maximum atomic E-state index is 15.0. The lowest BCUT2D eigenvalue weighted by molar-refractivity contribution is -0.385. The first-order valence-corrected chi connectivity index (χ1v) is 11.7. The number of carbonyl (C=O) groups is 2. The zero-order valence-electron chi connectivity index (χ0n) is 19.3. The van der Waals surface area contributed by atoms with Gasteiger partial charge in [0, 0.05) is 37.8 Å². The molecule has 0 saturated carbocycles. The number of fused-ring (bicyclic) bond motifs is 1. The van der Waals surface area contributed by atoms with Gasteiger partial charge in [-0.25, -0.2) is 21.9 Å². The fourth-order valence-corrected chi connectivity index (χ4v) is 5.83. The minimum atomic E-state index is -5.39. The molecule has 198 valence electrons. The molecule has 2 unspecified atom stereocenters. The van der Waals surface area contributed by atoms with Crippen molar-refractivity contribution in [1.29, 1.82) is 0 Å². The second-order valence-electron chi connectivity index (χ2n) is 9.12. The molecule has 12 nitrogen and oxygen atoms in total. The number of guanidine groups is 1. The van der Waals surface area contributed by atoms with Crippen LogP contribution in [0.5, 0.6) is 0 Å². The predicted octanol–water partition coefficient (Wildman–Crippen LogP) is 1.86. The van der Waals surface area contributed by atoms with E-state index in [1.165, 1.54) is 20.8 Å². The summed E-state index contributed by atoms with van der Waals surface area (Å²) in [6.07, 6.45) is -6.67. The van der Waals surface area contributed by atoms with Gasteiger partial charge in [0.1, 0.15) is 22.2 Å². The van der Waals surface area contributed by atoms with Crippen molar-refractivity contribution in [3.05, 3.63) is 39.7 Å². The van der Waals surface area contributed by atoms with Gasteiger partial charge in [-0.05, 0) is 26.8 Å². The topological polar surface area (TPSA) is 152 Å². The van der Waals surface area contributed by atoms with Crippen molar-refractivity contribution >= 4 is 33.7 Å². The summed E-state index contributed by atoms with van der Waals surface area (Å²) in [6, 6.07) is 2.07. The monoisotopic (exact) mass is 539 g/mol. The Hall–Kier alpha value is -3.50. The summed E-state index contributed by atoms with van der Waals surface area (Å²) in [5.74, 6) is -4.34. The Kier molecular flexibility index (Phi) is 6.44. The van der Waals surface area contributed by atoms with Crippen LogP contribution in [0.1, 0.15) is 26.3 Å². The summed E-state index contributed by atoms with van der Waals surface area (Å²) in [5, 5.41) is 11.8. The Morgan fingerprint density at radius 3 is 2.42 bits per heavy atom. The Morgan fingerprint density at radius 1 is 1.28 bits per heavy atom. The van der Waals surface area contributed by atoms with Gasteiger partial charge in [-0.3, -0.25) is 14.9 Å². The third-order valence-corrected chi connectivity index (χ3v) is 7.72. The lowest BCUT2D eigenvalue weighted by atomic mass is 9.87. The van der Waals surface area contributed by atoms with Gasteiger partial charge in [-0.2, -0.15) is 13.2 Å². The normalized spacial score (nSPS) is 24.8. The molecule has 2 heterocycles. The number of nitro groups is 1. The number of hydrogen-bond donors (Lipinski definition) is 1. The number of alkyl halides is 3. The fourth-order valence-electron chi connectivity index (χ4n) is 3.98. The Labute approximate surface area is 202 Å². The molecule has 0 aromatic heterocycles. The van der Waals surface area contributed by atoms with E-state index in [0.29, 0.717) is 16.4 Å². The molecule has 0 aliphatic carbocycles. The lowest BCUT2D eigenvalue weighted by Crippen LogP contribution is -2.67. The number of nitro benzene ring substituents is 1. The molecule has 0 bridgehead atoms. The van der Waals surface area contributed by atoms with E-state index >= 15 is 4.39 Å². The summed E-state index contributed by atoms with van der Waals surface area (Å²) in [5.41, 5.74) is -4.82. The molecule has 1 N–H and O–H groups in total. The molecular formula is C19H21F4N5O7S. The standard InChI is InChI=1S/C19H21F4N5O7S/c1-17(2,3)35-16(30)24-15-25-18(11-7-10(28(31)32)5-6-12(11)20)9-27(14(29)19(21,22)23)8-13(18)36(33,34)26(15)4/h5-7,13H,8-9H2,1-4H3,(H,24,25,30). The van der Waals surface area contributed by atoms with Crippen molar-refractivity contribution in [2.75, 3.05) is 20.1 Å². The van der Waals surface area contributed by atoms with Gasteiger partial charge in [0.05, 0.1) is 4.92 Å². The number of non-ortho nitro benzene ring substituents is 1. The number of amides is 2. The molecule has 1 aromatic carbocycles. The molecule has 3 rings (SSSR count). The predicted molar refractivity (Wildman–Crippen MR) is 115 cm³/mol. The SMILES string of the molecule is CN1/C(=N/C(=O)OC(C)(C)C)NC2(c3cc([N+](=O)[O-])ccc3F)CN(C(=O)C(F)(F)F)CC2S1(=O)=O. The average molecular weight is 539 g/mol. The summed E-state index contributed by atoms with van der Waals surface area (Å²) < 4.78 is 86.9. The molecule has 2 aliphatic heterocycles. The van der Waals surface area contributed by atoms with Gasteiger partial charge < -0.3 is 15.0 Å². The van der Waals surface area contributed by atoms with E-state index in [-0.39, 0.29) is 4.90 Å². The van der Waals surface area contributed by atoms with Crippen LogP contribution in [0.15, 0.2) is 23.2 Å². The number of hydrogen-bond acceptors (Lipinski definition) is 7. The van der Waals surface area contributed by atoms with E-state index in [2.05, 4.69) is 10.3 Å². The summed E-state index contributed by atoms with van der Waals surface area (Å²) in [7, 11) is -3.77. The van der Waals surface area contributed by atoms with Crippen molar-refractivity contribution in [2.24, 2.45) is 4.99 Å². The van der Waals surface area contributed by atoms with E-state index in [0.717, 1.165) is 13.1 Å². The van der Waals surface area contributed by atoms with Crippen LogP contribution >= 0.6 is 0 Å².